The summed E-state index contributed by atoms with van der Waals surface area (Å²) in [5.74, 6) is 0.356. The van der Waals surface area contributed by atoms with E-state index in [-0.39, 0.29) is 5.69 Å². The maximum Gasteiger partial charge on any atom is 0.269 e. The number of nitrogens with two attached hydrogens (primary N) is 1. The third kappa shape index (κ3) is 2.88. The number of hydrogen-bond acceptors (Lipinski definition) is 6. The van der Waals surface area contributed by atoms with Crippen LogP contribution >= 0.6 is 0 Å². The van der Waals surface area contributed by atoms with E-state index in [9.17, 15) is 14.9 Å². The third-order valence-electron chi connectivity index (χ3n) is 4.57. The fraction of sp³-hybridized carbons (Fsp3) is 0.105. The average Bonchev–Trinajstić information content (AvgIpc) is 3.11. The highest BCUT2D eigenvalue weighted by Crippen LogP contribution is 2.36. The number of fused-ring (bicyclic) bond motifs is 1. The predicted octanol–water partition coefficient (Wildman–Crippen LogP) is 2.63. The second-order valence-corrected chi connectivity index (χ2v) is 6.35. The van der Waals surface area contributed by atoms with Crippen LogP contribution in [-0.2, 0) is 4.79 Å². The number of anilines is 1. The van der Waals surface area contributed by atoms with Gasteiger partial charge in [0.1, 0.15) is 6.04 Å². The summed E-state index contributed by atoms with van der Waals surface area (Å²) in [5, 5.41) is 18.6. The number of allylic oxidation sites excluding steroid dienone is 1. The molecule has 2 aromatic carbocycles. The molecule has 0 spiro atoms. The Kier molecular flexibility index (Phi) is 4.11. The maximum absolute atomic E-state index is 12.2. The Labute approximate surface area is 159 Å². The van der Waals surface area contributed by atoms with Crippen LogP contribution in [-0.4, -0.2) is 25.6 Å². The van der Waals surface area contributed by atoms with Crippen LogP contribution in [0.5, 0.6) is 0 Å². The topological polar surface area (TPSA) is 129 Å². The number of rotatable bonds is 4. The van der Waals surface area contributed by atoms with Crippen molar-refractivity contribution in [2.24, 2.45) is 5.73 Å². The molecule has 1 aromatic heterocycles. The van der Waals surface area contributed by atoms with Crippen molar-refractivity contribution in [3.05, 3.63) is 81.5 Å². The first-order valence-electron chi connectivity index (χ1n) is 8.49. The first kappa shape index (κ1) is 17.4. The first-order chi connectivity index (χ1) is 13.5. The fourth-order valence-corrected chi connectivity index (χ4v) is 3.27. The molecule has 3 aromatic rings. The van der Waals surface area contributed by atoms with Crippen LogP contribution in [0.3, 0.4) is 0 Å². The Morgan fingerprint density at radius 3 is 2.46 bits per heavy atom. The van der Waals surface area contributed by atoms with Crippen LogP contribution in [0.1, 0.15) is 18.5 Å². The lowest BCUT2D eigenvalue weighted by Crippen LogP contribution is -2.31. The fourth-order valence-electron chi connectivity index (χ4n) is 3.27. The zero-order valence-electron chi connectivity index (χ0n) is 14.9. The van der Waals surface area contributed by atoms with Gasteiger partial charge in [0.05, 0.1) is 10.5 Å². The lowest BCUT2D eigenvalue weighted by Gasteiger charge is -2.27. The Hall–Kier alpha value is -4.01. The second kappa shape index (κ2) is 6.62. The van der Waals surface area contributed by atoms with Crippen LogP contribution in [0.2, 0.25) is 0 Å². The van der Waals surface area contributed by atoms with Gasteiger partial charge in [-0.2, -0.15) is 4.98 Å². The summed E-state index contributed by atoms with van der Waals surface area (Å²) < 4.78 is 1.58. The number of nitrogens with one attached hydrogen (secondary N) is 1. The van der Waals surface area contributed by atoms with Crippen LogP contribution in [0.25, 0.3) is 11.4 Å². The first-order valence-corrected chi connectivity index (χ1v) is 8.49. The molecule has 0 radical (unpaired) electrons. The molecule has 1 aliphatic rings. The third-order valence-corrected chi connectivity index (χ3v) is 4.57. The minimum Gasteiger partial charge on any atom is -0.366 e. The molecule has 0 saturated carbocycles. The van der Waals surface area contributed by atoms with E-state index in [2.05, 4.69) is 15.4 Å². The Bertz CT molecular complexity index is 1100. The minimum atomic E-state index is -0.639. The van der Waals surface area contributed by atoms with Crippen molar-refractivity contribution in [3.63, 3.8) is 0 Å². The number of amides is 1. The highest BCUT2D eigenvalue weighted by atomic mass is 16.6. The molecule has 1 unspecified atom stereocenters. The van der Waals surface area contributed by atoms with E-state index in [1.165, 1.54) is 12.1 Å². The summed E-state index contributed by atoms with van der Waals surface area (Å²) in [7, 11) is 0. The van der Waals surface area contributed by atoms with E-state index in [4.69, 9.17) is 5.73 Å². The minimum absolute atomic E-state index is 0.0391. The zero-order chi connectivity index (χ0) is 19.8. The smallest absolute Gasteiger partial charge is 0.269 e. The molecule has 0 bridgehead atoms. The largest absolute Gasteiger partial charge is 0.366 e. The molecule has 9 heteroatoms. The molecule has 1 aliphatic heterocycles. The second-order valence-electron chi connectivity index (χ2n) is 6.35. The van der Waals surface area contributed by atoms with Gasteiger partial charge in [-0.1, -0.05) is 30.3 Å². The summed E-state index contributed by atoms with van der Waals surface area (Å²) in [5.41, 5.74) is 7.95. The van der Waals surface area contributed by atoms with Gasteiger partial charge in [-0.25, -0.2) is 4.68 Å². The van der Waals surface area contributed by atoms with E-state index < -0.39 is 16.9 Å². The quantitative estimate of drug-likeness (QED) is 0.532. The van der Waals surface area contributed by atoms with Crippen molar-refractivity contribution in [2.45, 2.75) is 13.0 Å². The van der Waals surface area contributed by atoms with Gasteiger partial charge in [-0.3, -0.25) is 14.9 Å². The van der Waals surface area contributed by atoms with E-state index in [1.54, 1.807) is 23.7 Å². The number of nitro benzene ring substituents is 1. The molecule has 9 nitrogen and oxygen atoms in total. The Morgan fingerprint density at radius 2 is 1.86 bits per heavy atom. The number of primary amides is 1. The van der Waals surface area contributed by atoms with Crippen LogP contribution < -0.4 is 11.1 Å². The number of carbonyl (C=O) groups is 1. The summed E-state index contributed by atoms with van der Waals surface area (Å²) in [6.07, 6.45) is 0. The van der Waals surface area contributed by atoms with Gasteiger partial charge in [0.2, 0.25) is 11.9 Å². The van der Waals surface area contributed by atoms with Crippen molar-refractivity contribution in [3.8, 4) is 11.4 Å². The van der Waals surface area contributed by atoms with E-state index >= 15 is 0 Å². The summed E-state index contributed by atoms with van der Waals surface area (Å²) >= 11 is 0. The molecular weight excluding hydrogens is 360 g/mol. The molecule has 2 heterocycles. The van der Waals surface area contributed by atoms with Crippen molar-refractivity contribution in [1.82, 2.24) is 14.8 Å². The number of nitro groups is 1. The van der Waals surface area contributed by atoms with Gasteiger partial charge in [0.15, 0.2) is 5.82 Å². The van der Waals surface area contributed by atoms with Gasteiger partial charge in [-0.05, 0) is 24.6 Å². The molecule has 1 amide bonds. The number of nitrogens with zero attached hydrogens (tertiary/aromatic N) is 4. The van der Waals surface area contributed by atoms with Gasteiger partial charge in [0, 0.05) is 23.4 Å². The molecular formula is C19H16N6O3. The van der Waals surface area contributed by atoms with Gasteiger partial charge >= 0.3 is 0 Å². The van der Waals surface area contributed by atoms with Gasteiger partial charge in [0.25, 0.3) is 5.69 Å². The molecule has 4 rings (SSSR count). The lowest BCUT2D eigenvalue weighted by atomic mass is 9.95. The van der Waals surface area contributed by atoms with Crippen molar-refractivity contribution in [2.75, 3.05) is 5.32 Å². The lowest BCUT2D eigenvalue weighted by molar-refractivity contribution is -0.384. The number of benzene rings is 2. The molecule has 28 heavy (non-hydrogen) atoms. The molecule has 1 atom stereocenters. The number of carbonyl (C=O) groups excluding carboxylic acids is 1. The highest BCUT2D eigenvalue weighted by molar-refractivity contribution is 5.95. The Morgan fingerprint density at radius 1 is 1.18 bits per heavy atom. The normalized spacial score (nSPS) is 15.7. The summed E-state index contributed by atoms with van der Waals surface area (Å²) in [6.45, 7) is 1.73. The van der Waals surface area contributed by atoms with E-state index in [0.717, 1.165) is 5.56 Å². The van der Waals surface area contributed by atoms with Gasteiger partial charge < -0.3 is 11.1 Å². The number of non-ortho nitro benzene ring substituents is 1. The summed E-state index contributed by atoms with van der Waals surface area (Å²) in [4.78, 5) is 27.2. The SMILES string of the molecule is CC1=C(C(N)=O)C(c2ccc([N+](=O)[O-])cc2)n2nc(-c3ccccc3)nc2N1. The van der Waals surface area contributed by atoms with Gasteiger partial charge in [-0.15, -0.1) is 5.10 Å². The van der Waals surface area contributed by atoms with Crippen molar-refractivity contribution >= 4 is 17.5 Å². The maximum atomic E-state index is 12.2. The van der Waals surface area contributed by atoms with Crippen LogP contribution in [0.15, 0.2) is 65.9 Å². The van der Waals surface area contributed by atoms with E-state index in [1.807, 2.05) is 30.3 Å². The number of hydrogen-bond donors (Lipinski definition) is 2. The monoisotopic (exact) mass is 376 g/mol. The molecule has 0 saturated heterocycles. The molecule has 0 aliphatic carbocycles. The standard InChI is InChI=1S/C19H16N6O3/c1-11-15(17(20)26)16(12-7-9-14(10-8-12)25(27)28)24-19(21-11)22-18(23-24)13-5-3-2-4-6-13/h2-10,16H,1H3,(H2,20,26)(H,21,22,23). The molecule has 3 N–H and O–H groups in total. The van der Waals surface area contributed by atoms with Crippen LogP contribution in [0.4, 0.5) is 11.6 Å². The average molecular weight is 376 g/mol. The predicted molar refractivity (Wildman–Crippen MR) is 102 cm³/mol. The summed E-state index contributed by atoms with van der Waals surface area (Å²) in [6, 6.07) is 14.8. The molecule has 140 valence electrons. The zero-order valence-corrected chi connectivity index (χ0v) is 14.9. The van der Waals surface area contributed by atoms with Crippen LogP contribution in [0, 0.1) is 10.1 Å². The van der Waals surface area contributed by atoms with Crippen molar-refractivity contribution < 1.29 is 9.72 Å². The molecule has 0 fully saturated rings. The number of aromatic nitrogens is 3. The van der Waals surface area contributed by atoms with E-state index in [0.29, 0.717) is 28.6 Å². The Balaban J connectivity index is 1.86. The van der Waals surface area contributed by atoms with Crippen molar-refractivity contribution in [1.29, 1.82) is 0 Å². The highest BCUT2D eigenvalue weighted by Gasteiger charge is 2.33.